The summed E-state index contributed by atoms with van der Waals surface area (Å²) in [6.07, 6.45) is 0.623. The highest BCUT2D eigenvalue weighted by Gasteiger charge is 2.20. The van der Waals surface area contributed by atoms with Gasteiger partial charge < -0.3 is 4.55 Å². The van der Waals surface area contributed by atoms with Crippen molar-refractivity contribution in [1.82, 2.24) is 0 Å². The maximum Gasteiger partial charge on any atom is 0.232 e. The molecule has 0 aromatic heterocycles. The molecule has 0 fully saturated rings. The predicted octanol–water partition coefficient (Wildman–Crippen LogP) is 4.19. The Bertz CT molecular complexity index is 1200. The van der Waals surface area contributed by atoms with Gasteiger partial charge in [0.05, 0.1) is 10.6 Å². The summed E-state index contributed by atoms with van der Waals surface area (Å²) < 4.78 is 62.5. The van der Waals surface area contributed by atoms with Crippen molar-refractivity contribution >= 4 is 25.8 Å². The van der Waals surface area contributed by atoms with Crippen molar-refractivity contribution in [3.05, 3.63) is 71.8 Å². The van der Waals surface area contributed by atoms with E-state index in [0.29, 0.717) is 28.8 Å². The summed E-state index contributed by atoms with van der Waals surface area (Å²) in [5.41, 5.74) is 3.19. The maximum absolute atomic E-state index is 12.3. The number of hydrogen-bond acceptors (Lipinski definition) is 5. The van der Waals surface area contributed by atoms with Crippen LogP contribution in [-0.4, -0.2) is 27.1 Å². The highest BCUT2D eigenvalue weighted by Crippen LogP contribution is 2.36. The fourth-order valence-electron chi connectivity index (χ4n) is 3.39. The van der Waals surface area contributed by atoms with Gasteiger partial charge in [0.2, 0.25) is 10.0 Å². The number of sulfonamides is 1. The van der Waals surface area contributed by atoms with Crippen LogP contribution in [0, 0.1) is 0 Å². The minimum atomic E-state index is -4.65. The lowest BCUT2D eigenvalue weighted by atomic mass is 10.1. The molecule has 2 aliphatic carbocycles. The van der Waals surface area contributed by atoms with E-state index in [4.69, 9.17) is 0 Å². The van der Waals surface area contributed by atoms with Gasteiger partial charge in [0.1, 0.15) is 10.1 Å². The van der Waals surface area contributed by atoms with Gasteiger partial charge in [-0.3, -0.25) is 4.72 Å². The van der Waals surface area contributed by atoms with E-state index in [-0.39, 0.29) is 23.0 Å². The molecule has 0 radical (unpaired) electrons. The predicted molar refractivity (Wildman–Crippen MR) is 117 cm³/mol. The molecule has 0 aliphatic heterocycles. The van der Waals surface area contributed by atoms with E-state index in [1.54, 1.807) is 36.4 Å². The smallest absolute Gasteiger partial charge is 0.232 e. The van der Waals surface area contributed by atoms with Crippen LogP contribution in [0.15, 0.2) is 65.6 Å². The second-order valence-corrected chi connectivity index (χ2v) is 10.7. The Labute approximate surface area is 178 Å². The highest BCUT2D eigenvalue weighted by atomic mass is 32.2. The van der Waals surface area contributed by atoms with Gasteiger partial charge >= 0.3 is 0 Å². The quantitative estimate of drug-likeness (QED) is 0.523. The molecule has 0 amide bonds. The average Bonchev–Trinajstić information content (AvgIpc) is 2.85. The van der Waals surface area contributed by atoms with Crippen LogP contribution in [0.5, 0.6) is 0 Å². The monoisotopic (exact) mass is 446 g/mol. The van der Waals surface area contributed by atoms with Crippen molar-refractivity contribution in [2.45, 2.75) is 37.5 Å². The lowest BCUT2D eigenvalue weighted by Gasteiger charge is -2.08. The summed E-state index contributed by atoms with van der Waals surface area (Å²) in [5.74, 6) is 0.121. The summed E-state index contributed by atoms with van der Waals surface area (Å²) in [7, 11) is -8.19. The SMILES string of the molecule is CC(C)c1ccc2c(CCCS(=O)(=O)Nc3ccccc3)cc(S(=O)(=O)[O-])c-2cc1. The summed E-state index contributed by atoms with van der Waals surface area (Å²) in [6.45, 7) is 4.05. The van der Waals surface area contributed by atoms with E-state index < -0.39 is 20.1 Å². The molecule has 0 saturated heterocycles. The normalized spacial score (nSPS) is 12.4. The van der Waals surface area contributed by atoms with E-state index in [1.165, 1.54) is 6.07 Å². The number of rotatable bonds is 8. The zero-order valence-corrected chi connectivity index (χ0v) is 18.5. The summed E-state index contributed by atoms with van der Waals surface area (Å²) in [5, 5.41) is 0. The zero-order valence-electron chi connectivity index (χ0n) is 16.8. The number of aryl methyl sites for hydroxylation is 1. The summed E-state index contributed by atoms with van der Waals surface area (Å²) in [6, 6.07) is 17.2. The minimum Gasteiger partial charge on any atom is -0.744 e. The van der Waals surface area contributed by atoms with Gasteiger partial charge in [-0.1, -0.05) is 56.3 Å². The molecule has 1 aromatic rings. The third-order valence-corrected chi connectivity index (χ3v) is 7.18. The Hall–Kier alpha value is -2.42. The summed E-state index contributed by atoms with van der Waals surface area (Å²) >= 11 is 0. The van der Waals surface area contributed by atoms with Gasteiger partial charge in [0.25, 0.3) is 0 Å². The molecular formula is C22H24NO5S2-. The van der Waals surface area contributed by atoms with Crippen molar-refractivity contribution in [2.75, 3.05) is 10.5 Å². The van der Waals surface area contributed by atoms with Crippen LogP contribution in [0.4, 0.5) is 5.69 Å². The second-order valence-electron chi connectivity index (χ2n) is 7.53. The van der Waals surface area contributed by atoms with E-state index in [2.05, 4.69) is 4.72 Å². The third kappa shape index (κ3) is 5.38. The molecule has 0 heterocycles. The standard InChI is InChI=1S/C22H25NO5S2/c1-16(2)17-10-12-20-18(15-22(30(26,27)28)21(20)13-11-17)7-6-14-29(24,25)23-19-8-4-3-5-9-19/h3-5,8-13,15-16,23H,6-7,14H2,1-2H3,(H,26,27,28)/p-1. The molecule has 0 unspecified atom stereocenters. The zero-order chi connectivity index (χ0) is 21.9. The fraction of sp³-hybridized carbons (Fsp3) is 0.273. The molecule has 1 aromatic carbocycles. The molecular weight excluding hydrogens is 422 g/mol. The summed E-state index contributed by atoms with van der Waals surface area (Å²) in [4.78, 5) is -0.260. The van der Waals surface area contributed by atoms with E-state index in [9.17, 15) is 21.4 Å². The van der Waals surface area contributed by atoms with Crippen molar-refractivity contribution in [3.63, 3.8) is 0 Å². The fourth-order valence-corrected chi connectivity index (χ4v) is 5.25. The molecule has 3 rings (SSSR count). The average molecular weight is 447 g/mol. The van der Waals surface area contributed by atoms with Crippen molar-refractivity contribution in [2.24, 2.45) is 0 Å². The van der Waals surface area contributed by atoms with Crippen LogP contribution in [0.25, 0.3) is 11.1 Å². The number of nitrogens with one attached hydrogen (secondary N) is 1. The Morgan fingerprint density at radius 3 is 2.13 bits per heavy atom. The van der Waals surface area contributed by atoms with Crippen LogP contribution in [-0.2, 0) is 26.6 Å². The van der Waals surface area contributed by atoms with Gasteiger partial charge in [0, 0.05) is 5.69 Å². The molecule has 0 atom stereocenters. The highest BCUT2D eigenvalue weighted by molar-refractivity contribution is 7.92. The lowest BCUT2D eigenvalue weighted by molar-refractivity contribution is 0.463. The van der Waals surface area contributed by atoms with Crippen molar-refractivity contribution < 1.29 is 21.4 Å². The van der Waals surface area contributed by atoms with Crippen molar-refractivity contribution in [1.29, 1.82) is 0 Å². The second kappa shape index (κ2) is 8.75. The van der Waals surface area contributed by atoms with Crippen molar-refractivity contribution in [3.8, 4) is 11.1 Å². The molecule has 30 heavy (non-hydrogen) atoms. The van der Waals surface area contributed by atoms with Crippen LogP contribution in [0.2, 0.25) is 0 Å². The Morgan fingerprint density at radius 1 is 0.900 bits per heavy atom. The van der Waals surface area contributed by atoms with E-state index in [0.717, 1.165) is 5.56 Å². The Balaban J connectivity index is 1.83. The van der Waals surface area contributed by atoms with E-state index in [1.807, 2.05) is 32.0 Å². The Morgan fingerprint density at radius 2 is 1.53 bits per heavy atom. The molecule has 1 N–H and O–H groups in total. The van der Waals surface area contributed by atoms with Crippen LogP contribution in [0.3, 0.4) is 0 Å². The molecule has 0 saturated carbocycles. The minimum absolute atomic E-state index is 0.121. The van der Waals surface area contributed by atoms with Gasteiger partial charge in [-0.25, -0.2) is 16.8 Å². The molecule has 0 bridgehead atoms. The van der Waals surface area contributed by atoms with Crippen LogP contribution >= 0.6 is 0 Å². The molecule has 6 nitrogen and oxygen atoms in total. The maximum atomic E-state index is 12.3. The first kappa shape index (κ1) is 22.3. The van der Waals surface area contributed by atoms with Crippen LogP contribution in [0.1, 0.15) is 37.3 Å². The first-order chi connectivity index (χ1) is 14.1. The van der Waals surface area contributed by atoms with Gasteiger partial charge in [0.15, 0.2) is 0 Å². The molecule has 0 spiro atoms. The van der Waals surface area contributed by atoms with Gasteiger partial charge in [-0.05, 0) is 59.2 Å². The number of para-hydroxylation sites is 1. The largest absolute Gasteiger partial charge is 0.744 e. The number of fused-ring (bicyclic) bond motifs is 1. The number of anilines is 1. The third-order valence-electron chi connectivity index (χ3n) is 4.93. The number of hydrogen-bond donors (Lipinski definition) is 1. The van der Waals surface area contributed by atoms with Gasteiger partial charge in [-0.2, -0.15) is 0 Å². The number of benzene rings is 1. The Kier molecular flexibility index (Phi) is 6.50. The molecule has 160 valence electrons. The molecule has 2 aliphatic rings. The van der Waals surface area contributed by atoms with E-state index >= 15 is 0 Å². The first-order valence-corrected chi connectivity index (χ1v) is 12.7. The van der Waals surface area contributed by atoms with Crippen LogP contribution < -0.4 is 4.72 Å². The lowest BCUT2D eigenvalue weighted by Crippen LogP contribution is -2.17. The van der Waals surface area contributed by atoms with Gasteiger partial charge in [-0.15, -0.1) is 0 Å². The first-order valence-electron chi connectivity index (χ1n) is 9.64. The topological polar surface area (TPSA) is 103 Å². The molecule has 8 heteroatoms.